The van der Waals surface area contributed by atoms with Crippen LogP contribution in [0.25, 0.3) is 0 Å². The van der Waals surface area contributed by atoms with Crippen molar-refractivity contribution in [1.29, 1.82) is 0 Å². The summed E-state index contributed by atoms with van der Waals surface area (Å²) in [5.74, 6) is 0.155. The first-order chi connectivity index (χ1) is 11.1. The van der Waals surface area contributed by atoms with Crippen LogP contribution in [0.15, 0.2) is 36.5 Å². The number of urea groups is 1. The molecule has 0 saturated carbocycles. The van der Waals surface area contributed by atoms with Crippen LogP contribution in [0.2, 0.25) is 0 Å². The molecule has 0 bridgehead atoms. The number of carboxylic acid groups (broad SMARTS) is 1. The molecule has 1 aliphatic heterocycles. The van der Waals surface area contributed by atoms with E-state index in [1.807, 2.05) is 0 Å². The number of rotatable bonds is 4. The largest absolute Gasteiger partial charge is 0.478 e. The van der Waals surface area contributed by atoms with Crippen LogP contribution in [-0.4, -0.2) is 28.9 Å². The summed E-state index contributed by atoms with van der Waals surface area (Å²) in [4.78, 5) is 26.7. The van der Waals surface area contributed by atoms with Gasteiger partial charge in [0, 0.05) is 18.0 Å². The fraction of sp³-hybridized carbons (Fsp3) is 0.133. The Labute approximate surface area is 131 Å². The molecule has 118 valence electrons. The molecule has 2 amide bonds. The maximum Gasteiger partial charge on any atom is 0.335 e. The van der Waals surface area contributed by atoms with Crippen molar-refractivity contribution in [3.05, 3.63) is 47.8 Å². The van der Waals surface area contributed by atoms with Gasteiger partial charge in [0.2, 0.25) is 6.79 Å². The van der Waals surface area contributed by atoms with Crippen LogP contribution in [0.5, 0.6) is 11.5 Å². The second-order valence-electron chi connectivity index (χ2n) is 4.72. The summed E-state index contributed by atoms with van der Waals surface area (Å²) in [6.07, 6.45) is 1.39. The van der Waals surface area contributed by atoms with Crippen LogP contribution < -0.4 is 20.1 Å². The van der Waals surface area contributed by atoms with Crippen molar-refractivity contribution in [3.63, 3.8) is 0 Å². The molecule has 8 nitrogen and oxygen atoms in total. The minimum absolute atomic E-state index is 0.109. The summed E-state index contributed by atoms with van der Waals surface area (Å²) >= 11 is 0. The predicted octanol–water partition coefficient (Wildman–Crippen LogP) is 1.83. The summed E-state index contributed by atoms with van der Waals surface area (Å²) in [6, 6.07) is 7.41. The number of benzene rings is 1. The molecular weight excluding hydrogens is 302 g/mol. The SMILES string of the molecule is O=C(NCc1cc(C(=O)O)ccn1)Nc1ccc2c(c1)OCO2. The van der Waals surface area contributed by atoms with Gasteiger partial charge in [-0.15, -0.1) is 0 Å². The standard InChI is InChI=1S/C15H13N3O5/c19-14(20)9-3-4-16-11(5-9)7-17-15(21)18-10-1-2-12-13(6-10)23-8-22-12/h1-6H,7-8H2,(H,19,20)(H2,17,18,21). The molecule has 0 radical (unpaired) electrons. The van der Waals surface area contributed by atoms with E-state index in [1.165, 1.54) is 18.3 Å². The van der Waals surface area contributed by atoms with Crippen molar-refractivity contribution in [3.8, 4) is 11.5 Å². The summed E-state index contributed by atoms with van der Waals surface area (Å²) in [5, 5.41) is 14.2. The van der Waals surface area contributed by atoms with Crippen LogP contribution in [0.3, 0.4) is 0 Å². The van der Waals surface area contributed by atoms with Crippen LogP contribution in [0, 0.1) is 0 Å². The first-order valence-corrected chi connectivity index (χ1v) is 6.74. The van der Waals surface area contributed by atoms with E-state index in [0.29, 0.717) is 22.9 Å². The summed E-state index contributed by atoms with van der Waals surface area (Å²) < 4.78 is 10.4. The van der Waals surface area contributed by atoms with Crippen molar-refractivity contribution >= 4 is 17.7 Å². The van der Waals surface area contributed by atoms with Gasteiger partial charge in [0.25, 0.3) is 0 Å². The van der Waals surface area contributed by atoms with Gasteiger partial charge in [0.1, 0.15) is 0 Å². The number of amides is 2. The molecule has 23 heavy (non-hydrogen) atoms. The topological polar surface area (TPSA) is 110 Å². The lowest BCUT2D eigenvalue weighted by atomic mass is 10.2. The highest BCUT2D eigenvalue weighted by Gasteiger charge is 2.14. The molecule has 8 heteroatoms. The van der Waals surface area contributed by atoms with Gasteiger partial charge in [0.05, 0.1) is 17.8 Å². The molecule has 0 spiro atoms. The third-order valence-electron chi connectivity index (χ3n) is 3.12. The Morgan fingerprint density at radius 2 is 2.00 bits per heavy atom. The molecule has 1 aromatic heterocycles. The number of aromatic carboxylic acids is 1. The molecule has 2 heterocycles. The average molecular weight is 315 g/mol. The Hall–Kier alpha value is -3.29. The van der Waals surface area contributed by atoms with Crippen molar-refractivity contribution in [2.24, 2.45) is 0 Å². The molecule has 2 aromatic rings. The number of anilines is 1. The van der Waals surface area contributed by atoms with E-state index >= 15 is 0 Å². The van der Waals surface area contributed by atoms with Gasteiger partial charge in [-0.25, -0.2) is 9.59 Å². The second-order valence-corrected chi connectivity index (χ2v) is 4.72. The van der Waals surface area contributed by atoms with Crippen LogP contribution >= 0.6 is 0 Å². The molecule has 3 N–H and O–H groups in total. The Bertz CT molecular complexity index is 763. The van der Waals surface area contributed by atoms with Gasteiger partial charge in [-0.05, 0) is 24.3 Å². The zero-order valence-electron chi connectivity index (χ0n) is 11.9. The number of carbonyl (C=O) groups is 2. The third-order valence-corrected chi connectivity index (χ3v) is 3.12. The molecule has 0 unspecified atom stereocenters. The number of ether oxygens (including phenoxy) is 2. The minimum Gasteiger partial charge on any atom is -0.478 e. The molecule has 1 aliphatic rings. The summed E-state index contributed by atoms with van der Waals surface area (Å²) in [6.45, 7) is 0.272. The van der Waals surface area contributed by atoms with Crippen molar-refractivity contribution in [1.82, 2.24) is 10.3 Å². The molecule has 0 fully saturated rings. The van der Waals surface area contributed by atoms with Gasteiger partial charge in [-0.2, -0.15) is 0 Å². The van der Waals surface area contributed by atoms with Gasteiger partial charge in [0.15, 0.2) is 11.5 Å². The number of hydrogen-bond acceptors (Lipinski definition) is 5. The first kappa shape index (κ1) is 14.6. The quantitative estimate of drug-likeness (QED) is 0.794. The highest BCUT2D eigenvalue weighted by molar-refractivity contribution is 5.90. The monoisotopic (exact) mass is 315 g/mol. The average Bonchev–Trinajstić information content (AvgIpc) is 3.01. The third kappa shape index (κ3) is 3.49. The number of carboxylic acids is 1. The van der Waals surface area contributed by atoms with Crippen LogP contribution in [0.4, 0.5) is 10.5 Å². The minimum atomic E-state index is -1.04. The zero-order chi connectivity index (χ0) is 16.2. The van der Waals surface area contributed by atoms with Crippen LogP contribution in [0.1, 0.15) is 16.1 Å². The van der Waals surface area contributed by atoms with E-state index in [1.54, 1.807) is 18.2 Å². The lowest BCUT2D eigenvalue weighted by Crippen LogP contribution is -2.28. The van der Waals surface area contributed by atoms with Gasteiger partial charge in [-0.1, -0.05) is 0 Å². The molecular formula is C15H13N3O5. The number of aromatic nitrogens is 1. The summed E-state index contributed by atoms with van der Waals surface area (Å²) in [7, 11) is 0. The Kier molecular flexibility index (Phi) is 3.96. The smallest absolute Gasteiger partial charge is 0.335 e. The molecule has 0 aliphatic carbocycles. The maximum absolute atomic E-state index is 11.9. The lowest BCUT2D eigenvalue weighted by molar-refractivity contribution is 0.0696. The highest BCUT2D eigenvalue weighted by atomic mass is 16.7. The van der Waals surface area contributed by atoms with Gasteiger partial charge in [-0.3, -0.25) is 4.98 Å². The lowest BCUT2D eigenvalue weighted by Gasteiger charge is -2.08. The number of hydrogen-bond donors (Lipinski definition) is 3. The van der Waals surface area contributed by atoms with E-state index in [2.05, 4.69) is 15.6 Å². The van der Waals surface area contributed by atoms with Crippen molar-refractivity contribution < 1.29 is 24.2 Å². The van der Waals surface area contributed by atoms with E-state index in [4.69, 9.17) is 14.6 Å². The van der Waals surface area contributed by atoms with E-state index in [-0.39, 0.29) is 18.9 Å². The predicted molar refractivity (Wildman–Crippen MR) is 79.6 cm³/mol. The van der Waals surface area contributed by atoms with E-state index < -0.39 is 12.0 Å². The number of nitrogens with zero attached hydrogens (tertiary/aromatic N) is 1. The highest BCUT2D eigenvalue weighted by Crippen LogP contribution is 2.34. The van der Waals surface area contributed by atoms with Crippen LogP contribution in [-0.2, 0) is 6.54 Å². The zero-order valence-corrected chi connectivity index (χ0v) is 11.9. The van der Waals surface area contributed by atoms with E-state index in [9.17, 15) is 9.59 Å². The first-order valence-electron chi connectivity index (χ1n) is 6.74. The fourth-order valence-electron chi connectivity index (χ4n) is 2.03. The number of nitrogens with one attached hydrogen (secondary N) is 2. The molecule has 0 atom stereocenters. The Morgan fingerprint density at radius 3 is 2.83 bits per heavy atom. The van der Waals surface area contributed by atoms with E-state index in [0.717, 1.165) is 0 Å². The molecule has 3 rings (SSSR count). The van der Waals surface area contributed by atoms with Crippen molar-refractivity contribution in [2.45, 2.75) is 6.54 Å². The fourth-order valence-corrected chi connectivity index (χ4v) is 2.03. The number of fused-ring (bicyclic) bond motifs is 1. The molecule has 1 aromatic carbocycles. The number of carbonyl (C=O) groups excluding carboxylic acids is 1. The summed E-state index contributed by atoms with van der Waals surface area (Å²) in [5.41, 5.74) is 1.12. The maximum atomic E-state index is 11.9. The van der Waals surface area contributed by atoms with Gasteiger partial charge >= 0.3 is 12.0 Å². The second kappa shape index (κ2) is 6.22. The number of pyridine rings is 1. The van der Waals surface area contributed by atoms with Gasteiger partial charge < -0.3 is 25.2 Å². The Balaban J connectivity index is 1.57. The molecule has 0 saturated heterocycles. The normalized spacial score (nSPS) is 11.8. The van der Waals surface area contributed by atoms with Crippen molar-refractivity contribution in [2.75, 3.05) is 12.1 Å². The Morgan fingerprint density at radius 1 is 1.17 bits per heavy atom.